The highest BCUT2D eigenvalue weighted by atomic mass is 19.1. The van der Waals surface area contributed by atoms with Gasteiger partial charge >= 0.3 is 0 Å². The number of ether oxygens (including phenoxy) is 1. The number of rotatable bonds is 5. The highest BCUT2D eigenvalue weighted by molar-refractivity contribution is 5.41. The number of hydrogen-bond donors (Lipinski definition) is 1. The Bertz CT molecular complexity index is 611. The molecule has 0 bridgehead atoms. The van der Waals surface area contributed by atoms with Crippen LogP contribution < -0.4 is 10.5 Å². The topological polar surface area (TPSA) is 48.1 Å². The van der Waals surface area contributed by atoms with Crippen LogP contribution in [0.1, 0.15) is 28.3 Å². The maximum atomic E-state index is 13.0. The van der Waals surface area contributed by atoms with Crippen molar-refractivity contribution in [1.82, 2.24) is 4.98 Å². The van der Waals surface area contributed by atoms with E-state index in [2.05, 4.69) is 4.98 Å². The molecule has 2 aromatic rings. The van der Waals surface area contributed by atoms with Crippen LogP contribution in [0.25, 0.3) is 0 Å². The number of halogens is 1. The number of aryl methyl sites for hydroxylation is 1. The fraction of sp³-hybridized carbons (Fsp3) is 0.353. The van der Waals surface area contributed by atoms with E-state index in [0.29, 0.717) is 13.0 Å². The molecule has 0 saturated carbocycles. The van der Waals surface area contributed by atoms with Crippen molar-refractivity contribution in [2.75, 3.05) is 13.7 Å². The van der Waals surface area contributed by atoms with E-state index in [0.717, 1.165) is 28.1 Å². The van der Waals surface area contributed by atoms with Gasteiger partial charge in [-0.2, -0.15) is 0 Å². The first kappa shape index (κ1) is 15.4. The van der Waals surface area contributed by atoms with E-state index in [1.54, 1.807) is 19.2 Å². The number of nitrogens with two attached hydrogens (primary N) is 1. The number of benzene rings is 1. The molecule has 21 heavy (non-hydrogen) atoms. The molecular weight excluding hydrogens is 267 g/mol. The summed E-state index contributed by atoms with van der Waals surface area (Å²) in [5.41, 5.74) is 9.94. The fourth-order valence-electron chi connectivity index (χ4n) is 2.58. The third-order valence-corrected chi connectivity index (χ3v) is 3.82. The Hall–Kier alpha value is -1.94. The van der Waals surface area contributed by atoms with Crippen molar-refractivity contribution in [2.24, 2.45) is 5.73 Å². The minimum atomic E-state index is -0.235. The fourth-order valence-corrected chi connectivity index (χ4v) is 2.58. The van der Waals surface area contributed by atoms with Crippen LogP contribution in [0, 0.1) is 19.7 Å². The van der Waals surface area contributed by atoms with Crippen molar-refractivity contribution >= 4 is 0 Å². The summed E-state index contributed by atoms with van der Waals surface area (Å²) in [5, 5.41) is 0. The summed E-state index contributed by atoms with van der Waals surface area (Å²) in [6, 6.07) is 6.50. The van der Waals surface area contributed by atoms with Gasteiger partial charge in [0.25, 0.3) is 0 Å². The lowest BCUT2D eigenvalue weighted by Gasteiger charge is -2.18. The van der Waals surface area contributed by atoms with Crippen molar-refractivity contribution in [3.63, 3.8) is 0 Å². The summed E-state index contributed by atoms with van der Waals surface area (Å²) in [7, 11) is 1.67. The van der Waals surface area contributed by atoms with Crippen LogP contribution in [0.3, 0.4) is 0 Å². The molecule has 1 aromatic heterocycles. The van der Waals surface area contributed by atoms with Gasteiger partial charge in [0.2, 0.25) is 0 Å². The van der Waals surface area contributed by atoms with Crippen LogP contribution in [0.2, 0.25) is 0 Å². The second kappa shape index (κ2) is 6.68. The van der Waals surface area contributed by atoms with Gasteiger partial charge in [0, 0.05) is 28.9 Å². The predicted molar refractivity (Wildman–Crippen MR) is 82.2 cm³/mol. The van der Waals surface area contributed by atoms with Gasteiger partial charge in [-0.1, -0.05) is 12.1 Å². The van der Waals surface area contributed by atoms with Crippen molar-refractivity contribution < 1.29 is 9.13 Å². The summed E-state index contributed by atoms with van der Waals surface area (Å²) in [4.78, 5) is 4.51. The van der Waals surface area contributed by atoms with E-state index < -0.39 is 0 Å². The van der Waals surface area contributed by atoms with Gasteiger partial charge in [0.05, 0.1) is 7.11 Å². The van der Waals surface area contributed by atoms with Gasteiger partial charge in [-0.05, 0) is 44.5 Å². The van der Waals surface area contributed by atoms with Crippen molar-refractivity contribution in [3.8, 4) is 5.75 Å². The summed E-state index contributed by atoms with van der Waals surface area (Å²) < 4.78 is 18.5. The SMILES string of the molecule is COc1c(C)cnc(CC(CN)c2ccc(F)cc2)c1C. The van der Waals surface area contributed by atoms with Crippen LogP contribution in [-0.2, 0) is 6.42 Å². The lowest BCUT2D eigenvalue weighted by atomic mass is 9.92. The molecule has 0 aliphatic rings. The number of pyridine rings is 1. The van der Waals surface area contributed by atoms with Gasteiger partial charge in [-0.15, -0.1) is 0 Å². The maximum Gasteiger partial charge on any atom is 0.128 e. The van der Waals surface area contributed by atoms with E-state index in [1.165, 1.54) is 12.1 Å². The number of methoxy groups -OCH3 is 1. The molecule has 0 saturated heterocycles. The second-order valence-corrected chi connectivity index (χ2v) is 5.23. The first-order chi connectivity index (χ1) is 10.1. The molecule has 0 radical (unpaired) electrons. The Morgan fingerprint density at radius 1 is 1.24 bits per heavy atom. The monoisotopic (exact) mass is 288 g/mol. The average Bonchev–Trinajstić information content (AvgIpc) is 2.48. The van der Waals surface area contributed by atoms with Crippen molar-refractivity contribution in [1.29, 1.82) is 0 Å². The van der Waals surface area contributed by atoms with E-state index in [4.69, 9.17) is 10.5 Å². The third kappa shape index (κ3) is 3.39. The molecule has 0 fully saturated rings. The largest absolute Gasteiger partial charge is 0.496 e. The minimum absolute atomic E-state index is 0.115. The molecular formula is C17H21FN2O. The molecule has 4 heteroatoms. The van der Waals surface area contributed by atoms with Crippen LogP contribution in [0.5, 0.6) is 5.75 Å². The summed E-state index contributed by atoms with van der Waals surface area (Å²) in [5.74, 6) is 0.750. The predicted octanol–water partition coefficient (Wildman–Crippen LogP) is 3.13. The standard InChI is InChI=1S/C17H21FN2O/c1-11-10-20-16(12(2)17(11)21-3)8-14(9-19)13-4-6-15(18)7-5-13/h4-7,10,14H,8-9,19H2,1-3H3. The molecule has 1 atom stereocenters. The lowest BCUT2D eigenvalue weighted by Crippen LogP contribution is -2.16. The Morgan fingerprint density at radius 2 is 1.90 bits per heavy atom. The molecule has 1 heterocycles. The lowest BCUT2D eigenvalue weighted by molar-refractivity contribution is 0.406. The summed E-state index contributed by atoms with van der Waals surface area (Å²) in [6.45, 7) is 4.47. The quantitative estimate of drug-likeness (QED) is 0.919. The first-order valence-corrected chi connectivity index (χ1v) is 7.01. The van der Waals surface area contributed by atoms with Crippen LogP contribution in [0.15, 0.2) is 30.5 Å². The molecule has 2 N–H and O–H groups in total. The van der Waals surface area contributed by atoms with Gasteiger partial charge in [-0.3, -0.25) is 4.98 Å². The normalized spacial score (nSPS) is 12.2. The van der Waals surface area contributed by atoms with Gasteiger partial charge in [-0.25, -0.2) is 4.39 Å². The van der Waals surface area contributed by atoms with Crippen LogP contribution in [-0.4, -0.2) is 18.6 Å². The molecule has 0 amide bonds. The van der Waals surface area contributed by atoms with E-state index in [1.807, 2.05) is 20.0 Å². The average molecular weight is 288 g/mol. The van der Waals surface area contributed by atoms with Crippen LogP contribution in [0.4, 0.5) is 4.39 Å². The maximum absolute atomic E-state index is 13.0. The minimum Gasteiger partial charge on any atom is -0.496 e. The molecule has 1 unspecified atom stereocenters. The summed E-state index contributed by atoms with van der Waals surface area (Å²) in [6.07, 6.45) is 2.53. The zero-order chi connectivity index (χ0) is 15.4. The van der Waals surface area contributed by atoms with Crippen molar-refractivity contribution in [3.05, 3.63) is 58.7 Å². The van der Waals surface area contributed by atoms with Gasteiger partial charge in [0.1, 0.15) is 11.6 Å². The number of hydrogen-bond acceptors (Lipinski definition) is 3. The highest BCUT2D eigenvalue weighted by Crippen LogP contribution is 2.27. The Labute approximate surface area is 125 Å². The Kier molecular flexibility index (Phi) is 4.91. The highest BCUT2D eigenvalue weighted by Gasteiger charge is 2.16. The van der Waals surface area contributed by atoms with E-state index in [9.17, 15) is 4.39 Å². The summed E-state index contributed by atoms with van der Waals surface area (Å²) >= 11 is 0. The van der Waals surface area contributed by atoms with Crippen molar-refractivity contribution in [2.45, 2.75) is 26.2 Å². The van der Waals surface area contributed by atoms with E-state index in [-0.39, 0.29) is 11.7 Å². The van der Waals surface area contributed by atoms with Gasteiger partial charge in [0.15, 0.2) is 0 Å². The molecule has 0 aliphatic heterocycles. The number of aromatic nitrogens is 1. The number of nitrogens with zero attached hydrogens (tertiary/aromatic N) is 1. The zero-order valence-electron chi connectivity index (χ0n) is 12.7. The first-order valence-electron chi connectivity index (χ1n) is 7.01. The molecule has 3 nitrogen and oxygen atoms in total. The Balaban J connectivity index is 2.29. The molecule has 1 aromatic carbocycles. The van der Waals surface area contributed by atoms with Gasteiger partial charge < -0.3 is 10.5 Å². The molecule has 0 aliphatic carbocycles. The Morgan fingerprint density at radius 3 is 2.48 bits per heavy atom. The third-order valence-electron chi connectivity index (χ3n) is 3.82. The second-order valence-electron chi connectivity index (χ2n) is 5.23. The molecule has 112 valence electrons. The van der Waals surface area contributed by atoms with Crippen LogP contribution >= 0.6 is 0 Å². The van der Waals surface area contributed by atoms with E-state index >= 15 is 0 Å². The molecule has 2 rings (SSSR count). The molecule has 0 spiro atoms. The zero-order valence-corrected chi connectivity index (χ0v) is 12.7. The smallest absolute Gasteiger partial charge is 0.128 e.